The highest BCUT2D eigenvalue weighted by molar-refractivity contribution is 5.99. The van der Waals surface area contributed by atoms with Crippen LogP contribution in [-0.4, -0.2) is 41.0 Å². The predicted octanol–water partition coefficient (Wildman–Crippen LogP) is 5.02. The Bertz CT molecular complexity index is 1020. The van der Waals surface area contributed by atoms with E-state index < -0.39 is 48.1 Å². The summed E-state index contributed by atoms with van der Waals surface area (Å²) in [5.74, 6) is -0.816. The van der Waals surface area contributed by atoms with E-state index in [0.717, 1.165) is 36.5 Å². The van der Waals surface area contributed by atoms with Crippen molar-refractivity contribution in [2.75, 3.05) is 23.3 Å². The van der Waals surface area contributed by atoms with E-state index >= 15 is 0 Å². The number of halogens is 6. The van der Waals surface area contributed by atoms with Crippen LogP contribution in [0.5, 0.6) is 0 Å². The molecule has 1 saturated heterocycles. The molecule has 6 nitrogen and oxygen atoms in total. The van der Waals surface area contributed by atoms with E-state index in [4.69, 9.17) is 0 Å². The largest absolute Gasteiger partial charge is 0.433 e. The third-order valence-corrected chi connectivity index (χ3v) is 5.15. The Morgan fingerprint density at radius 3 is 2.36 bits per heavy atom. The van der Waals surface area contributed by atoms with Crippen LogP contribution in [0.1, 0.15) is 25.1 Å². The molecule has 0 spiro atoms. The number of anilines is 2. The Labute approximate surface area is 185 Å². The molecule has 3 rings (SSSR count). The minimum absolute atomic E-state index is 0.0774. The summed E-state index contributed by atoms with van der Waals surface area (Å²) in [6.07, 6.45) is -8.27. The number of benzene rings is 1. The molecule has 33 heavy (non-hydrogen) atoms. The number of aromatic nitrogens is 1. The lowest BCUT2D eigenvalue weighted by Crippen LogP contribution is -2.42. The van der Waals surface area contributed by atoms with Gasteiger partial charge in [-0.2, -0.15) is 26.3 Å². The second-order valence-corrected chi connectivity index (χ2v) is 7.86. The molecule has 0 bridgehead atoms. The third-order valence-electron chi connectivity index (χ3n) is 5.15. The number of nitrogens with one attached hydrogen (secondary N) is 1. The van der Waals surface area contributed by atoms with Crippen molar-refractivity contribution < 1.29 is 35.9 Å². The maximum atomic E-state index is 12.9. The molecule has 1 fully saturated rings. The number of pyridine rings is 1. The lowest BCUT2D eigenvalue weighted by atomic mass is 10.0. The van der Waals surface area contributed by atoms with E-state index in [9.17, 15) is 35.9 Å². The monoisotopic (exact) mass is 474 g/mol. The van der Waals surface area contributed by atoms with E-state index in [1.54, 1.807) is 0 Å². The minimum atomic E-state index is -4.62. The number of amides is 3. The maximum Gasteiger partial charge on any atom is 0.433 e. The Hall–Kier alpha value is -3.31. The van der Waals surface area contributed by atoms with Gasteiger partial charge in [-0.15, -0.1) is 0 Å². The SMILES string of the molecule is CC(C)[C@@H]1CN(c2ccc(C(F)(F)F)nc2)C(=O)N1CC(=O)Nc1cccc(C(F)(F)F)c1. The van der Waals surface area contributed by atoms with Crippen LogP contribution in [0.15, 0.2) is 42.6 Å². The van der Waals surface area contributed by atoms with Crippen LogP contribution in [0.3, 0.4) is 0 Å². The van der Waals surface area contributed by atoms with Crippen LogP contribution in [0.2, 0.25) is 0 Å². The molecule has 1 aromatic carbocycles. The molecule has 2 aromatic rings. The van der Waals surface area contributed by atoms with Gasteiger partial charge in [0.05, 0.1) is 23.5 Å². The van der Waals surface area contributed by atoms with E-state index in [-0.39, 0.29) is 23.8 Å². The molecule has 1 N–H and O–H groups in total. The molecular formula is C21H20F6N4O2. The van der Waals surface area contributed by atoms with Gasteiger partial charge in [-0.25, -0.2) is 9.78 Å². The first-order chi connectivity index (χ1) is 15.3. The summed E-state index contributed by atoms with van der Waals surface area (Å²) in [4.78, 5) is 31.3. The molecule has 1 aromatic heterocycles. The maximum absolute atomic E-state index is 12.9. The van der Waals surface area contributed by atoms with Gasteiger partial charge in [0, 0.05) is 12.2 Å². The number of carbonyl (C=O) groups excluding carboxylic acids is 2. The molecule has 0 aliphatic carbocycles. The van der Waals surface area contributed by atoms with Gasteiger partial charge in [-0.1, -0.05) is 19.9 Å². The number of urea groups is 1. The number of rotatable bonds is 5. The third kappa shape index (κ3) is 5.55. The summed E-state index contributed by atoms with van der Waals surface area (Å²) in [5, 5.41) is 2.35. The van der Waals surface area contributed by atoms with Gasteiger partial charge in [-0.3, -0.25) is 9.69 Å². The van der Waals surface area contributed by atoms with Crippen LogP contribution >= 0.6 is 0 Å². The molecule has 1 aliphatic rings. The minimum Gasteiger partial charge on any atom is -0.325 e. The molecule has 1 aliphatic heterocycles. The normalized spacial score (nSPS) is 17.1. The van der Waals surface area contributed by atoms with Gasteiger partial charge in [0.2, 0.25) is 5.91 Å². The molecule has 3 amide bonds. The smallest absolute Gasteiger partial charge is 0.325 e. The van der Waals surface area contributed by atoms with Gasteiger partial charge >= 0.3 is 18.4 Å². The average molecular weight is 474 g/mol. The molecule has 12 heteroatoms. The first-order valence-corrected chi connectivity index (χ1v) is 9.86. The molecule has 178 valence electrons. The van der Waals surface area contributed by atoms with E-state index in [1.807, 2.05) is 13.8 Å². The zero-order valence-corrected chi connectivity index (χ0v) is 17.5. The van der Waals surface area contributed by atoms with Crippen LogP contribution in [0, 0.1) is 5.92 Å². The van der Waals surface area contributed by atoms with Crippen LogP contribution in [0.4, 0.5) is 42.5 Å². The highest BCUT2D eigenvalue weighted by Gasteiger charge is 2.41. The van der Waals surface area contributed by atoms with Gasteiger partial charge in [0.15, 0.2) is 0 Å². The number of alkyl halides is 6. The van der Waals surface area contributed by atoms with Crippen LogP contribution < -0.4 is 10.2 Å². The van der Waals surface area contributed by atoms with Crippen molar-refractivity contribution in [2.24, 2.45) is 5.92 Å². The second kappa shape index (κ2) is 8.91. The van der Waals surface area contributed by atoms with E-state index in [1.165, 1.54) is 15.9 Å². The summed E-state index contributed by atoms with van der Waals surface area (Å²) < 4.78 is 76.9. The van der Waals surface area contributed by atoms with Crippen molar-refractivity contribution in [3.8, 4) is 0 Å². The topological polar surface area (TPSA) is 65.5 Å². The Morgan fingerprint density at radius 1 is 1.12 bits per heavy atom. The van der Waals surface area contributed by atoms with Crippen molar-refractivity contribution >= 4 is 23.3 Å². The summed E-state index contributed by atoms with van der Waals surface area (Å²) in [5.41, 5.74) is -1.97. The van der Waals surface area contributed by atoms with Crippen LogP contribution in [0.25, 0.3) is 0 Å². The highest BCUT2D eigenvalue weighted by atomic mass is 19.4. The Kier molecular flexibility index (Phi) is 6.57. The zero-order chi connectivity index (χ0) is 24.6. The Morgan fingerprint density at radius 2 is 1.82 bits per heavy atom. The number of nitrogens with zero attached hydrogens (tertiary/aromatic N) is 3. The fourth-order valence-electron chi connectivity index (χ4n) is 3.47. The van der Waals surface area contributed by atoms with Gasteiger partial charge in [-0.05, 0) is 36.2 Å². The fraction of sp³-hybridized carbons (Fsp3) is 0.381. The summed E-state index contributed by atoms with van der Waals surface area (Å²) in [7, 11) is 0. The van der Waals surface area contributed by atoms with Crippen LogP contribution in [-0.2, 0) is 17.1 Å². The molecule has 0 radical (unpaired) electrons. The van der Waals surface area contributed by atoms with Gasteiger partial charge in [0.25, 0.3) is 0 Å². The average Bonchev–Trinajstić information content (AvgIpc) is 3.03. The van der Waals surface area contributed by atoms with E-state index in [0.29, 0.717) is 0 Å². The Balaban J connectivity index is 1.75. The predicted molar refractivity (Wildman–Crippen MR) is 107 cm³/mol. The molecule has 2 heterocycles. The van der Waals surface area contributed by atoms with Crippen molar-refractivity contribution in [3.05, 3.63) is 53.9 Å². The quantitative estimate of drug-likeness (QED) is 0.619. The summed E-state index contributed by atoms with van der Waals surface area (Å²) >= 11 is 0. The summed E-state index contributed by atoms with van der Waals surface area (Å²) in [6, 6.07) is 4.90. The fourth-order valence-corrected chi connectivity index (χ4v) is 3.47. The zero-order valence-electron chi connectivity index (χ0n) is 17.5. The second-order valence-electron chi connectivity index (χ2n) is 7.86. The lowest BCUT2D eigenvalue weighted by molar-refractivity contribution is -0.141. The molecular weight excluding hydrogens is 454 g/mol. The van der Waals surface area contributed by atoms with Crippen molar-refractivity contribution in [1.29, 1.82) is 0 Å². The van der Waals surface area contributed by atoms with Crippen molar-refractivity contribution in [3.63, 3.8) is 0 Å². The van der Waals surface area contributed by atoms with Crippen molar-refractivity contribution in [2.45, 2.75) is 32.2 Å². The number of hydrogen-bond acceptors (Lipinski definition) is 3. The van der Waals surface area contributed by atoms with Gasteiger partial charge < -0.3 is 10.2 Å². The lowest BCUT2D eigenvalue weighted by Gasteiger charge is -2.25. The standard InChI is InChI=1S/C21H20F6N4O2/c1-12(2)16-10-30(15-6-7-17(28-9-15)21(25,26)27)19(33)31(16)11-18(32)29-14-5-3-4-13(8-14)20(22,23)24/h3-9,12,16H,10-11H2,1-2H3,(H,29,32)/t16-/m0/s1. The van der Waals surface area contributed by atoms with E-state index in [2.05, 4.69) is 10.3 Å². The molecule has 0 unspecified atom stereocenters. The molecule has 0 saturated carbocycles. The number of hydrogen-bond donors (Lipinski definition) is 1. The first-order valence-electron chi connectivity index (χ1n) is 9.86. The number of carbonyl (C=O) groups is 2. The summed E-state index contributed by atoms with van der Waals surface area (Å²) in [6.45, 7) is 3.29. The first kappa shape index (κ1) is 24.3. The van der Waals surface area contributed by atoms with Crippen molar-refractivity contribution in [1.82, 2.24) is 9.88 Å². The van der Waals surface area contributed by atoms with Gasteiger partial charge in [0.1, 0.15) is 12.2 Å². The molecule has 1 atom stereocenters. The highest BCUT2D eigenvalue weighted by Crippen LogP contribution is 2.32.